The van der Waals surface area contributed by atoms with Crippen LogP contribution in [0.4, 0.5) is 17.6 Å². The van der Waals surface area contributed by atoms with Crippen molar-refractivity contribution < 1.29 is 17.6 Å². The molecule has 0 bridgehead atoms. The second-order valence-electron chi connectivity index (χ2n) is 5.56. The third-order valence-electron chi connectivity index (χ3n) is 3.79. The molecular formula is C17H10F4N4S. The second kappa shape index (κ2) is 6.17. The highest BCUT2D eigenvalue weighted by Gasteiger charge is 2.34. The molecule has 0 N–H and O–H groups in total. The molecule has 2 aromatic heterocycles. The van der Waals surface area contributed by atoms with Crippen molar-refractivity contribution >= 4 is 16.3 Å². The maximum Gasteiger partial charge on any atom is 0.417 e. The summed E-state index contributed by atoms with van der Waals surface area (Å²) in [5.41, 5.74) is 0.0548. The largest absolute Gasteiger partial charge is 0.417 e. The molecule has 0 spiro atoms. The molecule has 0 amide bonds. The lowest BCUT2D eigenvalue weighted by Crippen LogP contribution is -2.07. The maximum atomic E-state index is 13.2. The molecule has 0 radical (unpaired) electrons. The van der Waals surface area contributed by atoms with E-state index in [0.717, 1.165) is 23.0 Å². The molecule has 132 valence electrons. The quantitative estimate of drug-likeness (QED) is 0.489. The van der Waals surface area contributed by atoms with Crippen LogP contribution in [0.3, 0.4) is 0 Å². The van der Waals surface area contributed by atoms with Crippen molar-refractivity contribution in [1.29, 1.82) is 0 Å². The van der Waals surface area contributed by atoms with Crippen LogP contribution in [-0.4, -0.2) is 19.8 Å². The van der Waals surface area contributed by atoms with Gasteiger partial charge in [0.1, 0.15) is 10.8 Å². The maximum absolute atomic E-state index is 13.2. The van der Waals surface area contributed by atoms with Crippen molar-refractivity contribution in [3.63, 3.8) is 0 Å². The molecule has 0 saturated carbocycles. The lowest BCUT2D eigenvalue weighted by atomic mass is 10.1. The Morgan fingerprint density at radius 1 is 0.962 bits per heavy atom. The summed E-state index contributed by atoms with van der Waals surface area (Å²) in [7, 11) is 0. The first-order chi connectivity index (χ1) is 12.4. The van der Waals surface area contributed by atoms with E-state index in [-0.39, 0.29) is 16.4 Å². The summed E-state index contributed by atoms with van der Waals surface area (Å²) in [5.74, 6) is 0.124. The minimum absolute atomic E-state index is 0.00299. The number of rotatable bonds is 3. The lowest BCUT2D eigenvalue weighted by molar-refractivity contribution is -0.137. The fraction of sp³-hybridized carbons (Fsp3) is 0.118. The zero-order valence-corrected chi connectivity index (χ0v) is 13.9. The summed E-state index contributed by atoms with van der Waals surface area (Å²) in [6.07, 6.45) is -4.13. The topological polar surface area (TPSA) is 43.1 Å². The van der Waals surface area contributed by atoms with Gasteiger partial charge in [0.15, 0.2) is 5.82 Å². The van der Waals surface area contributed by atoms with Gasteiger partial charge in [0, 0.05) is 12.0 Å². The molecule has 26 heavy (non-hydrogen) atoms. The third-order valence-corrected chi connectivity index (χ3v) is 4.73. The highest BCUT2D eigenvalue weighted by Crippen LogP contribution is 2.38. The summed E-state index contributed by atoms with van der Waals surface area (Å²) in [6.45, 7) is 0. The number of hydrogen-bond acceptors (Lipinski definition) is 4. The molecule has 0 saturated heterocycles. The molecule has 2 heterocycles. The molecule has 4 nitrogen and oxygen atoms in total. The Morgan fingerprint density at radius 3 is 2.42 bits per heavy atom. The standard InChI is InChI=1S/C17H10F4N4S/c18-11-7-5-10(6-8-11)9-14-22-23-16-25(14)24-15(26-16)12-3-1-2-4-13(12)17(19,20)21/h1-8H,9H2. The van der Waals surface area contributed by atoms with Crippen LogP contribution in [0.15, 0.2) is 48.5 Å². The van der Waals surface area contributed by atoms with E-state index in [4.69, 9.17) is 0 Å². The number of aromatic nitrogens is 4. The van der Waals surface area contributed by atoms with E-state index in [1.54, 1.807) is 12.1 Å². The fourth-order valence-corrected chi connectivity index (χ4v) is 3.48. The smallest absolute Gasteiger partial charge is 0.207 e. The van der Waals surface area contributed by atoms with Gasteiger partial charge in [-0.3, -0.25) is 0 Å². The average molecular weight is 378 g/mol. The average Bonchev–Trinajstić information content (AvgIpc) is 3.18. The second-order valence-corrected chi connectivity index (χ2v) is 6.52. The molecule has 4 aromatic rings. The highest BCUT2D eigenvalue weighted by atomic mass is 32.1. The summed E-state index contributed by atoms with van der Waals surface area (Å²) in [5, 5.41) is 12.5. The zero-order chi connectivity index (χ0) is 18.3. The van der Waals surface area contributed by atoms with Crippen LogP contribution in [0, 0.1) is 5.82 Å². The van der Waals surface area contributed by atoms with E-state index in [2.05, 4.69) is 15.3 Å². The third kappa shape index (κ3) is 3.05. The first kappa shape index (κ1) is 16.6. The van der Waals surface area contributed by atoms with Gasteiger partial charge in [0.05, 0.1) is 5.56 Å². The Hall–Kier alpha value is -2.81. The van der Waals surface area contributed by atoms with Crippen molar-refractivity contribution in [1.82, 2.24) is 19.8 Å². The number of fused-ring (bicyclic) bond motifs is 1. The van der Waals surface area contributed by atoms with Gasteiger partial charge < -0.3 is 0 Å². The molecule has 0 aliphatic carbocycles. The van der Waals surface area contributed by atoms with Crippen molar-refractivity contribution in [3.8, 4) is 10.6 Å². The van der Waals surface area contributed by atoms with Crippen molar-refractivity contribution in [2.45, 2.75) is 12.6 Å². The monoisotopic (exact) mass is 378 g/mol. The number of benzene rings is 2. The van der Waals surface area contributed by atoms with Crippen LogP contribution in [0.2, 0.25) is 0 Å². The van der Waals surface area contributed by atoms with Crippen LogP contribution >= 0.6 is 11.3 Å². The van der Waals surface area contributed by atoms with Gasteiger partial charge in [0.2, 0.25) is 4.96 Å². The SMILES string of the molecule is Fc1ccc(Cc2nnc3sc(-c4ccccc4C(F)(F)F)nn23)cc1. The normalized spacial score (nSPS) is 12.0. The van der Waals surface area contributed by atoms with Gasteiger partial charge in [-0.1, -0.05) is 41.7 Å². The Kier molecular flexibility index (Phi) is 3.95. The number of hydrogen-bond donors (Lipinski definition) is 0. The van der Waals surface area contributed by atoms with E-state index < -0.39 is 11.7 Å². The first-order valence-electron chi connectivity index (χ1n) is 7.54. The van der Waals surface area contributed by atoms with E-state index in [1.807, 2.05) is 0 Å². The summed E-state index contributed by atoms with van der Waals surface area (Å²) >= 11 is 1.03. The number of nitrogens with zero attached hydrogens (tertiary/aromatic N) is 4. The van der Waals surface area contributed by atoms with Crippen LogP contribution in [-0.2, 0) is 12.6 Å². The Labute approximate surface area is 148 Å². The molecule has 0 atom stereocenters. The Bertz CT molecular complexity index is 1070. The van der Waals surface area contributed by atoms with Crippen molar-refractivity contribution in [2.75, 3.05) is 0 Å². The Balaban J connectivity index is 1.74. The summed E-state index contributed by atoms with van der Waals surface area (Å²) < 4.78 is 54.1. The van der Waals surface area contributed by atoms with Crippen molar-refractivity contribution in [2.24, 2.45) is 0 Å². The predicted octanol–water partition coefficient (Wildman–Crippen LogP) is 4.60. The van der Waals surface area contributed by atoms with Gasteiger partial charge in [-0.2, -0.15) is 22.8 Å². The van der Waals surface area contributed by atoms with Crippen LogP contribution in [0.5, 0.6) is 0 Å². The van der Waals surface area contributed by atoms with Gasteiger partial charge in [-0.05, 0) is 23.8 Å². The van der Waals surface area contributed by atoms with Gasteiger partial charge >= 0.3 is 6.18 Å². The minimum Gasteiger partial charge on any atom is -0.207 e. The van der Waals surface area contributed by atoms with E-state index in [9.17, 15) is 17.6 Å². The zero-order valence-electron chi connectivity index (χ0n) is 13.0. The Morgan fingerprint density at radius 2 is 1.69 bits per heavy atom. The number of alkyl halides is 3. The van der Waals surface area contributed by atoms with Crippen LogP contribution in [0.25, 0.3) is 15.5 Å². The molecule has 4 rings (SSSR count). The van der Waals surface area contributed by atoms with Crippen LogP contribution in [0.1, 0.15) is 17.0 Å². The fourth-order valence-electron chi connectivity index (χ4n) is 2.58. The van der Waals surface area contributed by atoms with E-state index in [1.165, 1.54) is 34.8 Å². The molecular weight excluding hydrogens is 368 g/mol. The lowest BCUT2D eigenvalue weighted by Gasteiger charge is -2.10. The molecule has 0 unspecified atom stereocenters. The summed E-state index contributed by atoms with van der Waals surface area (Å²) in [4.78, 5) is 0.397. The summed E-state index contributed by atoms with van der Waals surface area (Å²) in [6, 6.07) is 11.2. The molecule has 0 fully saturated rings. The van der Waals surface area contributed by atoms with E-state index in [0.29, 0.717) is 17.2 Å². The van der Waals surface area contributed by atoms with Crippen molar-refractivity contribution in [3.05, 3.63) is 71.3 Å². The van der Waals surface area contributed by atoms with Gasteiger partial charge in [-0.15, -0.1) is 10.2 Å². The first-order valence-corrected chi connectivity index (χ1v) is 8.35. The predicted molar refractivity (Wildman–Crippen MR) is 88.3 cm³/mol. The van der Waals surface area contributed by atoms with Gasteiger partial charge in [0.25, 0.3) is 0 Å². The van der Waals surface area contributed by atoms with E-state index >= 15 is 0 Å². The molecule has 2 aromatic carbocycles. The molecule has 9 heteroatoms. The number of halogens is 4. The molecule has 0 aliphatic rings. The van der Waals surface area contributed by atoms with Gasteiger partial charge in [-0.25, -0.2) is 4.39 Å². The molecule has 0 aliphatic heterocycles. The highest BCUT2D eigenvalue weighted by molar-refractivity contribution is 7.19. The minimum atomic E-state index is -4.47. The van der Waals surface area contributed by atoms with Crippen LogP contribution < -0.4 is 0 Å².